The Morgan fingerprint density at radius 1 is 1.06 bits per heavy atom. The van der Waals surface area contributed by atoms with E-state index < -0.39 is 10.0 Å². The van der Waals surface area contributed by atoms with Crippen molar-refractivity contribution in [2.24, 2.45) is 5.92 Å². The number of rotatable bonds is 5. The van der Waals surface area contributed by atoms with Crippen LogP contribution in [0.1, 0.15) is 51.4 Å². The lowest BCUT2D eigenvalue weighted by molar-refractivity contribution is 0.357. The molecule has 0 bridgehead atoms. The van der Waals surface area contributed by atoms with E-state index in [0.717, 1.165) is 45.2 Å². The molecule has 2 N–H and O–H groups in total. The maximum absolute atomic E-state index is 12.1. The van der Waals surface area contributed by atoms with Gasteiger partial charge in [-0.2, -0.15) is 0 Å². The molecule has 0 aromatic rings. The normalized spacial score (nSPS) is 27.2. The van der Waals surface area contributed by atoms with Gasteiger partial charge in [0, 0.05) is 6.54 Å². The molecule has 2 aliphatic rings. The molecule has 106 valence electrons. The first-order valence-corrected chi connectivity index (χ1v) is 8.92. The van der Waals surface area contributed by atoms with Crippen molar-refractivity contribution >= 4 is 10.0 Å². The Balaban J connectivity index is 1.70. The zero-order valence-electron chi connectivity index (χ0n) is 11.2. The highest BCUT2D eigenvalue weighted by Crippen LogP contribution is 2.23. The minimum absolute atomic E-state index is 0.129. The van der Waals surface area contributed by atoms with Crippen LogP contribution in [0.25, 0.3) is 0 Å². The molecule has 0 aromatic heterocycles. The fourth-order valence-electron chi connectivity index (χ4n) is 3.07. The summed E-state index contributed by atoms with van der Waals surface area (Å²) in [6.07, 6.45) is 8.45. The molecule has 2 rings (SSSR count). The van der Waals surface area contributed by atoms with Gasteiger partial charge < -0.3 is 5.32 Å². The van der Waals surface area contributed by atoms with Crippen LogP contribution in [-0.2, 0) is 10.0 Å². The molecule has 0 amide bonds. The number of hydrogen-bond donors (Lipinski definition) is 2. The fraction of sp³-hybridized carbons (Fsp3) is 1.00. The lowest BCUT2D eigenvalue weighted by atomic mass is 9.96. The first-order chi connectivity index (χ1) is 8.68. The minimum Gasteiger partial charge on any atom is -0.316 e. The maximum atomic E-state index is 12.1. The Labute approximate surface area is 111 Å². The van der Waals surface area contributed by atoms with E-state index >= 15 is 0 Å². The predicted octanol–water partition coefficient (Wildman–Crippen LogP) is 1.63. The Bertz CT molecular complexity index is 331. The predicted molar refractivity (Wildman–Crippen MR) is 74.0 cm³/mol. The largest absolute Gasteiger partial charge is 0.316 e. The molecule has 1 saturated carbocycles. The molecule has 1 heterocycles. The number of nitrogens with one attached hydrogen (secondary N) is 2. The molecule has 1 atom stereocenters. The van der Waals surface area contributed by atoms with Gasteiger partial charge in [0.15, 0.2) is 0 Å². The van der Waals surface area contributed by atoms with Crippen molar-refractivity contribution in [2.45, 2.75) is 56.6 Å². The zero-order chi connectivity index (χ0) is 12.8. The molecular weight excluding hydrogens is 248 g/mol. The molecule has 0 spiro atoms. The van der Waals surface area contributed by atoms with Gasteiger partial charge in [-0.15, -0.1) is 0 Å². The molecule has 4 nitrogen and oxygen atoms in total. The summed E-state index contributed by atoms with van der Waals surface area (Å²) in [7, 11) is -3.05. The van der Waals surface area contributed by atoms with Crippen LogP contribution in [0.3, 0.4) is 0 Å². The van der Waals surface area contributed by atoms with Crippen LogP contribution < -0.4 is 10.0 Å². The van der Waals surface area contributed by atoms with Gasteiger partial charge in [0.2, 0.25) is 10.0 Å². The molecule has 1 aliphatic carbocycles. The van der Waals surface area contributed by atoms with Gasteiger partial charge in [-0.25, -0.2) is 13.1 Å². The van der Waals surface area contributed by atoms with Crippen LogP contribution in [0.15, 0.2) is 0 Å². The van der Waals surface area contributed by atoms with Crippen molar-refractivity contribution in [1.29, 1.82) is 0 Å². The van der Waals surface area contributed by atoms with Crippen molar-refractivity contribution in [2.75, 3.05) is 19.6 Å². The van der Waals surface area contributed by atoms with E-state index in [4.69, 9.17) is 0 Å². The molecule has 5 heteroatoms. The summed E-state index contributed by atoms with van der Waals surface area (Å²) in [4.78, 5) is 0. The second-order valence-corrected chi connectivity index (χ2v) is 7.75. The third-order valence-electron chi connectivity index (χ3n) is 4.25. The fourth-order valence-corrected chi connectivity index (χ4v) is 4.66. The molecule has 2 fully saturated rings. The van der Waals surface area contributed by atoms with Crippen molar-refractivity contribution in [3.8, 4) is 0 Å². The molecule has 1 unspecified atom stereocenters. The highest BCUT2D eigenvalue weighted by Gasteiger charge is 2.26. The van der Waals surface area contributed by atoms with Crippen LogP contribution in [0.5, 0.6) is 0 Å². The Morgan fingerprint density at radius 2 is 1.83 bits per heavy atom. The first kappa shape index (κ1) is 14.3. The lowest BCUT2D eigenvalue weighted by Gasteiger charge is -2.24. The smallest absolute Gasteiger partial charge is 0.214 e. The quantitative estimate of drug-likeness (QED) is 0.801. The van der Waals surface area contributed by atoms with Gasteiger partial charge in [0.1, 0.15) is 0 Å². The van der Waals surface area contributed by atoms with E-state index in [2.05, 4.69) is 10.0 Å². The van der Waals surface area contributed by atoms with E-state index in [1.807, 2.05) is 0 Å². The second kappa shape index (κ2) is 6.87. The molecule has 1 aliphatic heterocycles. The summed E-state index contributed by atoms with van der Waals surface area (Å²) < 4.78 is 27.0. The van der Waals surface area contributed by atoms with Gasteiger partial charge in [0.25, 0.3) is 0 Å². The lowest BCUT2D eigenvalue weighted by Crippen LogP contribution is -2.38. The van der Waals surface area contributed by atoms with Crippen LogP contribution in [0, 0.1) is 5.92 Å². The third kappa shape index (κ3) is 4.21. The van der Waals surface area contributed by atoms with Gasteiger partial charge in [-0.05, 0) is 51.1 Å². The van der Waals surface area contributed by atoms with Gasteiger partial charge in [-0.1, -0.05) is 19.3 Å². The van der Waals surface area contributed by atoms with E-state index in [0.29, 0.717) is 12.5 Å². The van der Waals surface area contributed by atoms with Crippen LogP contribution in [-0.4, -0.2) is 33.3 Å². The minimum atomic E-state index is -3.05. The molecule has 1 saturated heterocycles. The molecule has 18 heavy (non-hydrogen) atoms. The summed E-state index contributed by atoms with van der Waals surface area (Å²) in [6, 6.07) is 0. The number of piperidine rings is 1. The van der Waals surface area contributed by atoms with Crippen molar-refractivity contribution < 1.29 is 8.42 Å². The van der Waals surface area contributed by atoms with E-state index in [1.54, 1.807) is 0 Å². The van der Waals surface area contributed by atoms with Gasteiger partial charge >= 0.3 is 0 Å². The average molecular weight is 274 g/mol. The topological polar surface area (TPSA) is 58.2 Å². The summed E-state index contributed by atoms with van der Waals surface area (Å²) >= 11 is 0. The van der Waals surface area contributed by atoms with Gasteiger partial charge in [0.05, 0.1) is 5.25 Å². The number of sulfonamides is 1. The maximum Gasteiger partial charge on any atom is 0.214 e. The van der Waals surface area contributed by atoms with Crippen LogP contribution in [0.4, 0.5) is 0 Å². The zero-order valence-corrected chi connectivity index (χ0v) is 12.0. The monoisotopic (exact) mass is 274 g/mol. The standard InChI is InChI=1S/C13H26N2O2S/c16-18(17,13-6-2-1-3-7-13)15-10-8-12-5-4-9-14-11-12/h12-15H,1-11H2. The highest BCUT2D eigenvalue weighted by atomic mass is 32.2. The Morgan fingerprint density at radius 3 is 2.50 bits per heavy atom. The number of hydrogen-bond acceptors (Lipinski definition) is 3. The van der Waals surface area contributed by atoms with Gasteiger partial charge in [-0.3, -0.25) is 0 Å². The third-order valence-corrected chi connectivity index (χ3v) is 6.20. The first-order valence-electron chi connectivity index (χ1n) is 7.38. The second-order valence-electron chi connectivity index (χ2n) is 5.70. The Hall–Kier alpha value is -0.130. The SMILES string of the molecule is O=S(=O)(NCCC1CCCNC1)C1CCCCC1. The summed E-state index contributed by atoms with van der Waals surface area (Å²) in [5.41, 5.74) is 0. The summed E-state index contributed by atoms with van der Waals surface area (Å²) in [6.45, 7) is 2.78. The van der Waals surface area contributed by atoms with Crippen molar-refractivity contribution in [3.05, 3.63) is 0 Å². The van der Waals surface area contributed by atoms with E-state index in [-0.39, 0.29) is 5.25 Å². The summed E-state index contributed by atoms with van der Waals surface area (Å²) in [5, 5.41) is 3.24. The van der Waals surface area contributed by atoms with Crippen LogP contribution in [0.2, 0.25) is 0 Å². The van der Waals surface area contributed by atoms with Crippen LogP contribution >= 0.6 is 0 Å². The molecular formula is C13H26N2O2S. The summed E-state index contributed by atoms with van der Waals surface area (Å²) in [5.74, 6) is 0.646. The average Bonchev–Trinajstić information content (AvgIpc) is 2.41. The van der Waals surface area contributed by atoms with E-state index in [1.165, 1.54) is 19.3 Å². The van der Waals surface area contributed by atoms with Crippen molar-refractivity contribution in [1.82, 2.24) is 10.0 Å². The molecule has 0 aromatic carbocycles. The Kier molecular flexibility index (Phi) is 5.45. The highest BCUT2D eigenvalue weighted by molar-refractivity contribution is 7.90. The van der Waals surface area contributed by atoms with Crippen molar-refractivity contribution in [3.63, 3.8) is 0 Å². The molecule has 0 radical (unpaired) electrons. The van der Waals surface area contributed by atoms with E-state index in [9.17, 15) is 8.42 Å².